The lowest BCUT2D eigenvalue weighted by molar-refractivity contribution is -0.193. The number of carboxylic acid groups (broad SMARTS) is 2. The molecule has 17 heteroatoms. The standard InChI is InChI=1S/C21H23N5OS.2C2HF3O2/c27-20-16-12-22-8-7-17(16)24-19(25-20)15-5-3-14(4-6-15)13-26-10-1-2-18(26)21-23-9-11-28-21;2*3-2(4,5)1(6)7/h3-6,9,11,18,22H,1-2,7-8,10,12-13H2,(H,24,25,27);2*(H,6,7). The Bertz CT molecular complexity index is 1390. The number of halogens is 6. The van der Waals surface area contributed by atoms with Gasteiger partial charge in [-0.3, -0.25) is 9.69 Å². The van der Waals surface area contributed by atoms with Gasteiger partial charge in [0, 0.05) is 43.2 Å². The number of alkyl halides is 6. The number of nitrogens with zero attached hydrogens (tertiary/aromatic N) is 3. The minimum Gasteiger partial charge on any atom is -0.475 e. The lowest BCUT2D eigenvalue weighted by Crippen LogP contribution is -2.31. The third-order valence-electron chi connectivity index (χ3n) is 6.14. The first kappa shape index (κ1) is 32.7. The number of hydrogen-bond donors (Lipinski definition) is 4. The molecule has 0 bridgehead atoms. The van der Waals surface area contributed by atoms with E-state index in [1.54, 1.807) is 11.3 Å². The molecular formula is C25H25F6N5O5S. The normalized spacial score (nSPS) is 16.9. The maximum absolute atomic E-state index is 12.4. The smallest absolute Gasteiger partial charge is 0.475 e. The summed E-state index contributed by atoms with van der Waals surface area (Å²) in [5.74, 6) is -4.85. The second kappa shape index (κ2) is 13.9. The topological polar surface area (TPSA) is 149 Å². The monoisotopic (exact) mass is 621 g/mol. The highest BCUT2D eigenvalue weighted by atomic mass is 32.1. The van der Waals surface area contributed by atoms with Crippen LogP contribution in [0.15, 0.2) is 40.6 Å². The molecule has 0 radical (unpaired) electrons. The second-order valence-corrected chi connectivity index (χ2v) is 9.99. The first-order chi connectivity index (χ1) is 19.7. The van der Waals surface area contributed by atoms with E-state index in [0.717, 1.165) is 42.9 Å². The molecule has 1 unspecified atom stereocenters. The molecule has 1 atom stereocenters. The van der Waals surface area contributed by atoms with Crippen LogP contribution in [0.5, 0.6) is 0 Å². The predicted octanol–water partition coefficient (Wildman–Crippen LogP) is 4.14. The Hall–Kier alpha value is -3.83. The summed E-state index contributed by atoms with van der Waals surface area (Å²) in [7, 11) is 0. The van der Waals surface area contributed by atoms with Gasteiger partial charge in [-0.15, -0.1) is 11.3 Å². The van der Waals surface area contributed by atoms with Crippen molar-refractivity contribution in [1.29, 1.82) is 0 Å². The van der Waals surface area contributed by atoms with Crippen LogP contribution in [0.4, 0.5) is 26.3 Å². The van der Waals surface area contributed by atoms with Gasteiger partial charge >= 0.3 is 24.3 Å². The zero-order valence-corrected chi connectivity index (χ0v) is 22.4. The summed E-state index contributed by atoms with van der Waals surface area (Å²) in [4.78, 5) is 44.8. The summed E-state index contributed by atoms with van der Waals surface area (Å²) < 4.78 is 63.5. The lowest BCUT2D eigenvalue weighted by Gasteiger charge is -2.22. The van der Waals surface area contributed by atoms with Crippen LogP contribution in [-0.4, -0.2) is 67.4 Å². The molecule has 42 heavy (non-hydrogen) atoms. The van der Waals surface area contributed by atoms with Crippen LogP contribution < -0.4 is 10.9 Å². The van der Waals surface area contributed by atoms with E-state index in [-0.39, 0.29) is 5.56 Å². The Labute approximate surface area is 238 Å². The van der Waals surface area contributed by atoms with Crippen molar-refractivity contribution in [3.63, 3.8) is 0 Å². The highest BCUT2D eigenvalue weighted by Gasteiger charge is 2.39. The van der Waals surface area contributed by atoms with Gasteiger partial charge in [-0.05, 0) is 24.9 Å². The molecule has 5 rings (SSSR count). The van der Waals surface area contributed by atoms with Crippen molar-refractivity contribution in [3.05, 3.63) is 68.0 Å². The average Bonchev–Trinajstić information content (AvgIpc) is 3.61. The third-order valence-corrected chi connectivity index (χ3v) is 7.02. The molecule has 0 amide bonds. The highest BCUT2D eigenvalue weighted by molar-refractivity contribution is 7.09. The van der Waals surface area contributed by atoms with E-state index in [1.165, 1.54) is 23.4 Å². The number of fused-ring (bicyclic) bond motifs is 1. The van der Waals surface area contributed by atoms with Crippen LogP contribution in [0.2, 0.25) is 0 Å². The Kier molecular flexibility index (Phi) is 10.8. The quantitative estimate of drug-likeness (QED) is 0.316. The number of carboxylic acids is 2. The number of nitrogens with one attached hydrogen (secondary N) is 2. The molecule has 0 aliphatic carbocycles. The van der Waals surface area contributed by atoms with Crippen molar-refractivity contribution < 1.29 is 46.1 Å². The molecule has 10 nitrogen and oxygen atoms in total. The summed E-state index contributed by atoms with van der Waals surface area (Å²) in [6.07, 6.45) is -5.07. The Morgan fingerprint density at radius 3 is 2.21 bits per heavy atom. The van der Waals surface area contributed by atoms with Crippen molar-refractivity contribution >= 4 is 23.3 Å². The molecule has 3 aromatic rings. The fourth-order valence-corrected chi connectivity index (χ4v) is 4.99. The van der Waals surface area contributed by atoms with Gasteiger partial charge in [-0.1, -0.05) is 24.3 Å². The van der Waals surface area contributed by atoms with Crippen LogP contribution >= 0.6 is 11.3 Å². The van der Waals surface area contributed by atoms with E-state index in [1.807, 2.05) is 6.20 Å². The number of aromatic nitrogens is 3. The number of carbonyl (C=O) groups is 2. The van der Waals surface area contributed by atoms with E-state index >= 15 is 0 Å². The summed E-state index contributed by atoms with van der Waals surface area (Å²) in [6.45, 7) is 3.51. The average molecular weight is 622 g/mol. The van der Waals surface area contributed by atoms with Gasteiger partial charge in [0.05, 0.1) is 17.3 Å². The van der Waals surface area contributed by atoms with Crippen LogP contribution in [0.1, 0.15) is 40.7 Å². The van der Waals surface area contributed by atoms with Crippen LogP contribution in [0, 0.1) is 0 Å². The molecule has 4 N–H and O–H groups in total. The van der Waals surface area contributed by atoms with Gasteiger partial charge in [0.1, 0.15) is 10.8 Å². The van der Waals surface area contributed by atoms with E-state index in [2.05, 4.69) is 49.8 Å². The van der Waals surface area contributed by atoms with Crippen molar-refractivity contribution in [2.24, 2.45) is 0 Å². The molecule has 1 fully saturated rings. The predicted molar refractivity (Wildman–Crippen MR) is 138 cm³/mol. The van der Waals surface area contributed by atoms with Crippen molar-refractivity contribution in [3.8, 4) is 11.4 Å². The molecular weight excluding hydrogens is 596 g/mol. The first-order valence-electron chi connectivity index (χ1n) is 12.3. The minimum absolute atomic E-state index is 0.0281. The molecule has 4 heterocycles. The molecule has 2 aromatic heterocycles. The van der Waals surface area contributed by atoms with E-state index in [0.29, 0.717) is 18.4 Å². The SMILES string of the molecule is O=C(O)C(F)(F)F.O=C(O)C(F)(F)F.O=c1[nH]c(-c2ccc(CN3CCCC3c3nccs3)cc2)nc2c1CNCC2. The maximum atomic E-state index is 12.4. The maximum Gasteiger partial charge on any atom is 0.490 e. The molecule has 228 valence electrons. The first-order valence-corrected chi connectivity index (χ1v) is 13.2. The molecule has 2 aliphatic rings. The zero-order chi connectivity index (χ0) is 31.1. The van der Waals surface area contributed by atoms with E-state index in [4.69, 9.17) is 24.8 Å². The van der Waals surface area contributed by atoms with Gasteiger partial charge in [-0.2, -0.15) is 26.3 Å². The number of benzene rings is 1. The summed E-state index contributed by atoms with van der Waals surface area (Å²) in [6, 6.07) is 8.86. The van der Waals surface area contributed by atoms with Gasteiger partial charge in [0.15, 0.2) is 0 Å². The van der Waals surface area contributed by atoms with Gasteiger partial charge in [-0.25, -0.2) is 19.6 Å². The van der Waals surface area contributed by atoms with Gasteiger partial charge in [0.25, 0.3) is 5.56 Å². The Balaban J connectivity index is 0.000000289. The molecule has 1 saturated heterocycles. The zero-order valence-electron chi connectivity index (χ0n) is 21.6. The number of rotatable bonds is 4. The van der Waals surface area contributed by atoms with Crippen molar-refractivity contribution in [2.45, 2.75) is 50.7 Å². The number of aliphatic carboxylic acids is 2. The van der Waals surface area contributed by atoms with E-state index < -0.39 is 24.3 Å². The van der Waals surface area contributed by atoms with Gasteiger partial charge < -0.3 is 20.5 Å². The highest BCUT2D eigenvalue weighted by Crippen LogP contribution is 2.34. The fraction of sp³-hybridized carbons (Fsp3) is 0.400. The Morgan fingerprint density at radius 1 is 1.05 bits per heavy atom. The largest absolute Gasteiger partial charge is 0.490 e. The number of aromatic amines is 1. The van der Waals surface area contributed by atoms with Crippen molar-refractivity contribution in [2.75, 3.05) is 13.1 Å². The van der Waals surface area contributed by atoms with Gasteiger partial charge in [0.2, 0.25) is 0 Å². The number of hydrogen-bond acceptors (Lipinski definition) is 8. The lowest BCUT2D eigenvalue weighted by atomic mass is 10.1. The molecule has 0 saturated carbocycles. The summed E-state index contributed by atoms with van der Waals surface area (Å²) in [5.41, 5.74) is 3.90. The van der Waals surface area contributed by atoms with Crippen molar-refractivity contribution in [1.82, 2.24) is 25.2 Å². The number of H-pyrrole nitrogens is 1. The number of thiazole rings is 1. The Morgan fingerprint density at radius 2 is 1.67 bits per heavy atom. The minimum atomic E-state index is -5.08. The van der Waals surface area contributed by atoms with E-state index in [9.17, 15) is 31.1 Å². The van der Waals surface area contributed by atoms with Crippen LogP contribution in [0.25, 0.3) is 11.4 Å². The van der Waals surface area contributed by atoms with Crippen LogP contribution in [-0.2, 0) is 29.1 Å². The molecule has 1 aromatic carbocycles. The molecule has 2 aliphatic heterocycles. The summed E-state index contributed by atoms with van der Waals surface area (Å²) in [5, 5.41) is 20.8. The van der Waals surface area contributed by atoms with Crippen LogP contribution in [0.3, 0.4) is 0 Å². The third kappa shape index (κ3) is 9.09. The second-order valence-electron chi connectivity index (χ2n) is 9.07. The fourth-order valence-electron chi connectivity index (χ4n) is 4.19. The summed E-state index contributed by atoms with van der Waals surface area (Å²) >= 11 is 1.75. The number of likely N-dealkylation sites (tertiary alicyclic amines) is 1. The molecule has 0 spiro atoms.